The molecular weight excluding hydrogens is 356 g/mol. The first-order chi connectivity index (χ1) is 9.60. The third-order valence-corrected chi connectivity index (χ3v) is 4.93. The Bertz CT molecular complexity index is 571. The van der Waals surface area contributed by atoms with Crippen LogP contribution in [0.4, 0.5) is 0 Å². The first-order valence-corrected chi connectivity index (χ1v) is 8.74. The zero-order chi connectivity index (χ0) is 14.5. The lowest BCUT2D eigenvalue weighted by Gasteiger charge is -2.19. The van der Waals surface area contributed by atoms with Gasteiger partial charge in [0.15, 0.2) is 0 Å². The van der Waals surface area contributed by atoms with Crippen molar-refractivity contribution in [1.29, 1.82) is 0 Å². The first-order valence-electron chi connectivity index (χ1n) is 6.69. The van der Waals surface area contributed by atoms with Crippen molar-refractivity contribution < 1.29 is 0 Å². The summed E-state index contributed by atoms with van der Waals surface area (Å²) >= 11 is 11.4. The maximum atomic E-state index is 6.03. The fourth-order valence-corrected chi connectivity index (χ4v) is 3.84. The molecule has 0 radical (unpaired) electrons. The molecular formula is C15H18BrClN2S. The monoisotopic (exact) mass is 372 g/mol. The number of benzene rings is 1. The predicted octanol–water partition coefficient (Wildman–Crippen LogP) is 5.15. The summed E-state index contributed by atoms with van der Waals surface area (Å²) in [5, 5.41) is 7.61. The van der Waals surface area contributed by atoms with Crippen molar-refractivity contribution >= 4 is 38.9 Å². The molecule has 108 valence electrons. The van der Waals surface area contributed by atoms with Crippen LogP contribution < -0.4 is 5.32 Å². The Morgan fingerprint density at radius 1 is 1.45 bits per heavy atom. The van der Waals surface area contributed by atoms with E-state index in [-0.39, 0.29) is 6.04 Å². The Balaban J connectivity index is 2.22. The van der Waals surface area contributed by atoms with Crippen LogP contribution in [0.25, 0.3) is 0 Å². The number of aromatic nitrogens is 1. The minimum Gasteiger partial charge on any atom is -0.310 e. The Hall–Kier alpha value is -0.420. The number of thiazole rings is 1. The molecule has 5 heteroatoms. The molecule has 0 spiro atoms. The van der Waals surface area contributed by atoms with Crippen molar-refractivity contribution in [2.24, 2.45) is 0 Å². The van der Waals surface area contributed by atoms with Gasteiger partial charge in [-0.25, -0.2) is 4.98 Å². The first kappa shape index (κ1) is 16.0. The molecule has 2 nitrogen and oxygen atoms in total. The number of nitrogens with one attached hydrogen (secondary N) is 1. The van der Waals surface area contributed by atoms with Crippen LogP contribution in [0.3, 0.4) is 0 Å². The predicted molar refractivity (Wildman–Crippen MR) is 90.7 cm³/mol. The fourth-order valence-electron chi connectivity index (χ4n) is 2.07. The van der Waals surface area contributed by atoms with Gasteiger partial charge in [0.2, 0.25) is 0 Å². The molecule has 2 aromatic rings. The maximum Gasteiger partial charge on any atom is 0.0947 e. The van der Waals surface area contributed by atoms with Gasteiger partial charge in [-0.15, -0.1) is 11.3 Å². The second-order valence-corrected chi connectivity index (χ2v) is 6.99. The Kier molecular flexibility index (Phi) is 6.02. The number of rotatable bonds is 6. The summed E-state index contributed by atoms with van der Waals surface area (Å²) in [6.07, 6.45) is 2.01. The number of aryl methyl sites for hydroxylation is 1. The molecule has 1 heterocycles. The quantitative estimate of drug-likeness (QED) is 0.757. The molecule has 1 unspecified atom stereocenters. The van der Waals surface area contributed by atoms with Crippen molar-refractivity contribution in [3.8, 4) is 0 Å². The maximum absolute atomic E-state index is 6.03. The lowest BCUT2D eigenvalue weighted by atomic mass is 10.0. The summed E-state index contributed by atoms with van der Waals surface area (Å²) < 4.78 is 1.05. The molecule has 0 aliphatic carbocycles. The van der Waals surface area contributed by atoms with Gasteiger partial charge >= 0.3 is 0 Å². The third-order valence-electron chi connectivity index (χ3n) is 3.02. The second kappa shape index (κ2) is 7.55. The van der Waals surface area contributed by atoms with E-state index in [2.05, 4.69) is 44.6 Å². The molecule has 1 aromatic heterocycles. The summed E-state index contributed by atoms with van der Waals surface area (Å²) in [4.78, 5) is 4.57. The third kappa shape index (κ3) is 4.29. The van der Waals surface area contributed by atoms with Crippen LogP contribution in [0.2, 0.25) is 5.02 Å². The van der Waals surface area contributed by atoms with E-state index in [0.717, 1.165) is 39.6 Å². The van der Waals surface area contributed by atoms with E-state index in [1.54, 1.807) is 11.3 Å². The van der Waals surface area contributed by atoms with Crippen LogP contribution in [-0.4, -0.2) is 11.5 Å². The molecule has 1 N–H and O–H groups in total. The van der Waals surface area contributed by atoms with E-state index in [1.807, 2.05) is 19.1 Å². The molecule has 20 heavy (non-hydrogen) atoms. The van der Waals surface area contributed by atoms with Gasteiger partial charge in [-0.1, -0.05) is 40.5 Å². The Labute approximate surface area is 137 Å². The number of nitrogens with zero attached hydrogens (tertiary/aromatic N) is 1. The zero-order valence-electron chi connectivity index (χ0n) is 11.6. The van der Waals surface area contributed by atoms with E-state index in [9.17, 15) is 0 Å². The van der Waals surface area contributed by atoms with E-state index < -0.39 is 0 Å². The number of hydrogen-bond acceptors (Lipinski definition) is 3. The van der Waals surface area contributed by atoms with Gasteiger partial charge in [0.1, 0.15) is 0 Å². The van der Waals surface area contributed by atoms with Crippen molar-refractivity contribution in [2.45, 2.75) is 32.7 Å². The van der Waals surface area contributed by atoms with Crippen molar-refractivity contribution in [3.63, 3.8) is 0 Å². The van der Waals surface area contributed by atoms with Gasteiger partial charge in [-0.2, -0.15) is 0 Å². The second-order valence-electron chi connectivity index (χ2n) is 4.76. The van der Waals surface area contributed by atoms with Gasteiger partial charge in [-0.3, -0.25) is 0 Å². The molecule has 0 saturated heterocycles. The van der Waals surface area contributed by atoms with Crippen LogP contribution in [0.5, 0.6) is 0 Å². The summed E-state index contributed by atoms with van der Waals surface area (Å²) in [5.41, 5.74) is 2.32. The summed E-state index contributed by atoms with van der Waals surface area (Å²) in [7, 11) is 0. The van der Waals surface area contributed by atoms with Crippen molar-refractivity contribution in [2.75, 3.05) is 6.54 Å². The summed E-state index contributed by atoms with van der Waals surface area (Å²) in [6, 6.07) is 6.23. The molecule has 0 aliphatic heterocycles. The Morgan fingerprint density at radius 2 is 2.25 bits per heavy atom. The molecule has 0 fully saturated rings. The van der Waals surface area contributed by atoms with Gasteiger partial charge in [0.25, 0.3) is 0 Å². The largest absolute Gasteiger partial charge is 0.310 e. The minimum atomic E-state index is 0.257. The molecule has 0 bridgehead atoms. The molecule has 2 rings (SSSR count). The van der Waals surface area contributed by atoms with Crippen molar-refractivity contribution in [1.82, 2.24) is 10.3 Å². The lowest BCUT2D eigenvalue weighted by molar-refractivity contribution is 0.526. The van der Waals surface area contributed by atoms with Gasteiger partial charge in [0, 0.05) is 33.0 Å². The van der Waals surface area contributed by atoms with Crippen LogP contribution in [0.15, 0.2) is 28.1 Å². The molecule has 0 saturated carbocycles. The normalized spacial score (nSPS) is 12.6. The highest BCUT2D eigenvalue weighted by Crippen LogP contribution is 2.29. The SMILES string of the molecule is CCCNC(Cc1nc(C)cs1)c1ccc(Cl)cc1Br. The van der Waals surface area contributed by atoms with Gasteiger partial charge in [0.05, 0.1) is 5.01 Å². The average molecular weight is 374 g/mol. The van der Waals surface area contributed by atoms with E-state index in [1.165, 1.54) is 5.56 Å². The highest BCUT2D eigenvalue weighted by atomic mass is 79.9. The minimum absolute atomic E-state index is 0.257. The molecule has 0 aliphatic rings. The standard InChI is InChI=1S/C15H18BrClN2S/c1-3-6-18-14(8-15-19-10(2)9-20-15)12-5-4-11(17)7-13(12)16/h4-5,7,9,14,18H,3,6,8H2,1-2H3. The summed E-state index contributed by atoms with van der Waals surface area (Å²) in [5.74, 6) is 0. The molecule has 0 amide bonds. The molecule has 1 aromatic carbocycles. The molecule has 1 atom stereocenters. The fraction of sp³-hybridized carbons (Fsp3) is 0.400. The lowest BCUT2D eigenvalue weighted by Crippen LogP contribution is -2.24. The van der Waals surface area contributed by atoms with Crippen LogP contribution in [0, 0.1) is 6.92 Å². The smallest absolute Gasteiger partial charge is 0.0947 e. The van der Waals surface area contributed by atoms with Crippen LogP contribution in [0.1, 0.15) is 35.7 Å². The van der Waals surface area contributed by atoms with Gasteiger partial charge in [-0.05, 0) is 37.6 Å². The zero-order valence-corrected chi connectivity index (χ0v) is 14.8. The highest BCUT2D eigenvalue weighted by molar-refractivity contribution is 9.10. The van der Waals surface area contributed by atoms with Crippen LogP contribution in [-0.2, 0) is 6.42 Å². The Morgan fingerprint density at radius 3 is 2.85 bits per heavy atom. The van der Waals surface area contributed by atoms with E-state index in [4.69, 9.17) is 11.6 Å². The summed E-state index contributed by atoms with van der Waals surface area (Å²) in [6.45, 7) is 5.20. The van der Waals surface area contributed by atoms with E-state index >= 15 is 0 Å². The van der Waals surface area contributed by atoms with Crippen LogP contribution >= 0.6 is 38.9 Å². The van der Waals surface area contributed by atoms with Gasteiger partial charge < -0.3 is 5.32 Å². The highest BCUT2D eigenvalue weighted by Gasteiger charge is 2.16. The van der Waals surface area contributed by atoms with Crippen molar-refractivity contribution in [3.05, 3.63) is 49.3 Å². The average Bonchev–Trinajstić information content (AvgIpc) is 2.80. The topological polar surface area (TPSA) is 24.9 Å². The van der Waals surface area contributed by atoms with E-state index in [0.29, 0.717) is 0 Å². The number of halogens is 2. The number of hydrogen-bond donors (Lipinski definition) is 1.